The van der Waals surface area contributed by atoms with Gasteiger partial charge < -0.3 is 9.67 Å². The number of hydrogen-bond donors (Lipinski definition) is 1. The van der Waals surface area contributed by atoms with E-state index in [9.17, 15) is 4.79 Å². The molecule has 0 saturated heterocycles. The Labute approximate surface area is 133 Å². The third-order valence-corrected chi connectivity index (χ3v) is 4.29. The van der Waals surface area contributed by atoms with Gasteiger partial charge in [-0.2, -0.15) is 0 Å². The Hall–Kier alpha value is -1.05. The number of aromatic nitrogens is 3. The smallest absolute Gasteiger partial charge is 0.313 e. The van der Waals surface area contributed by atoms with Gasteiger partial charge in [-0.05, 0) is 25.1 Å². The molecular formula is C12H11BrClN3O2S. The van der Waals surface area contributed by atoms with Crippen LogP contribution in [0.3, 0.4) is 0 Å². The van der Waals surface area contributed by atoms with Crippen molar-refractivity contribution in [2.45, 2.75) is 18.6 Å². The molecule has 2 aromatic rings. The van der Waals surface area contributed by atoms with Crippen LogP contribution in [0.1, 0.15) is 6.92 Å². The van der Waals surface area contributed by atoms with Crippen molar-refractivity contribution >= 4 is 45.3 Å². The van der Waals surface area contributed by atoms with Crippen LogP contribution < -0.4 is 0 Å². The Morgan fingerprint density at radius 1 is 1.50 bits per heavy atom. The Morgan fingerprint density at radius 3 is 2.85 bits per heavy atom. The van der Waals surface area contributed by atoms with E-state index in [1.54, 1.807) is 6.07 Å². The monoisotopic (exact) mass is 375 g/mol. The highest BCUT2D eigenvalue weighted by Crippen LogP contribution is 2.31. The third-order valence-electron chi connectivity index (χ3n) is 2.53. The summed E-state index contributed by atoms with van der Waals surface area (Å²) in [4.78, 5) is 10.6. The maximum absolute atomic E-state index is 10.6. The standard InChI is InChI=1S/C12H11BrClN3O2S/c1-2-17-11(8-4-3-7(13)5-9(8)14)15-16-12(17)20-6-10(18)19/h3-5H,2,6H2,1H3,(H,18,19). The van der Waals surface area contributed by atoms with Crippen molar-refractivity contribution in [1.82, 2.24) is 14.8 Å². The first kappa shape index (κ1) is 15.3. The summed E-state index contributed by atoms with van der Waals surface area (Å²) in [7, 11) is 0. The summed E-state index contributed by atoms with van der Waals surface area (Å²) in [6.45, 7) is 2.58. The van der Waals surface area contributed by atoms with Crippen LogP contribution in [0.4, 0.5) is 0 Å². The summed E-state index contributed by atoms with van der Waals surface area (Å²) >= 11 is 10.7. The number of nitrogens with zero attached hydrogens (tertiary/aromatic N) is 3. The maximum atomic E-state index is 10.6. The molecule has 5 nitrogen and oxygen atoms in total. The lowest BCUT2D eigenvalue weighted by Gasteiger charge is -2.08. The first-order valence-electron chi connectivity index (χ1n) is 5.76. The molecule has 0 fully saturated rings. The predicted molar refractivity (Wildman–Crippen MR) is 82.2 cm³/mol. The number of benzene rings is 1. The van der Waals surface area contributed by atoms with Gasteiger partial charge in [0.25, 0.3) is 0 Å². The van der Waals surface area contributed by atoms with Crippen LogP contribution in [0, 0.1) is 0 Å². The van der Waals surface area contributed by atoms with Crippen LogP contribution >= 0.6 is 39.3 Å². The number of carboxylic acid groups (broad SMARTS) is 1. The van der Waals surface area contributed by atoms with E-state index >= 15 is 0 Å². The van der Waals surface area contributed by atoms with Crippen molar-refractivity contribution in [3.8, 4) is 11.4 Å². The molecule has 0 amide bonds. The van der Waals surface area contributed by atoms with E-state index in [1.807, 2.05) is 23.6 Å². The lowest BCUT2D eigenvalue weighted by atomic mass is 10.2. The fourth-order valence-corrected chi connectivity index (χ4v) is 3.16. The van der Waals surface area contributed by atoms with Gasteiger partial charge in [0.15, 0.2) is 11.0 Å². The number of carboxylic acids is 1. The summed E-state index contributed by atoms with van der Waals surface area (Å²) in [6, 6.07) is 5.52. The summed E-state index contributed by atoms with van der Waals surface area (Å²) in [5.41, 5.74) is 0.770. The van der Waals surface area contributed by atoms with Crippen molar-refractivity contribution in [2.24, 2.45) is 0 Å². The molecule has 0 atom stereocenters. The van der Waals surface area contributed by atoms with E-state index in [0.717, 1.165) is 21.8 Å². The molecule has 0 spiro atoms. The lowest BCUT2D eigenvalue weighted by molar-refractivity contribution is -0.133. The second kappa shape index (κ2) is 6.60. The Morgan fingerprint density at radius 2 is 2.25 bits per heavy atom. The van der Waals surface area contributed by atoms with Crippen molar-refractivity contribution in [3.05, 3.63) is 27.7 Å². The van der Waals surface area contributed by atoms with Gasteiger partial charge in [0.05, 0.1) is 10.8 Å². The van der Waals surface area contributed by atoms with Crippen LogP contribution in [0.5, 0.6) is 0 Å². The van der Waals surface area contributed by atoms with Crippen molar-refractivity contribution in [1.29, 1.82) is 0 Å². The molecule has 1 N–H and O–H groups in total. The maximum Gasteiger partial charge on any atom is 0.313 e. The van der Waals surface area contributed by atoms with Crippen molar-refractivity contribution in [3.63, 3.8) is 0 Å². The predicted octanol–water partition coefficient (Wildman–Crippen LogP) is 3.56. The van der Waals surface area contributed by atoms with Gasteiger partial charge in [-0.15, -0.1) is 10.2 Å². The second-order valence-corrected chi connectivity index (χ2v) is 6.12. The quantitative estimate of drug-likeness (QED) is 0.808. The van der Waals surface area contributed by atoms with Crippen LogP contribution in [0.2, 0.25) is 5.02 Å². The highest BCUT2D eigenvalue weighted by atomic mass is 79.9. The summed E-state index contributed by atoms with van der Waals surface area (Å²) in [6.07, 6.45) is 0. The molecule has 1 heterocycles. The zero-order valence-corrected chi connectivity index (χ0v) is 13.7. The van der Waals surface area contributed by atoms with Crippen LogP contribution in [0.25, 0.3) is 11.4 Å². The minimum Gasteiger partial charge on any atom is -0.481 e. The molecule has 0 saturated carbocycles. The summed E-state index contributed by atoms with van der Waals surface area (Å²) in [5.74, 6) is -0.298. The van der Waals surface area contributed by atoms with Gasteiger partial charge in [-0.25, -0.2) is 0 Å². The minimum absolute atomic E-state index is 0.0494. The van der Waals surface area contributed by atoms with Gasteiger partial charge >= 0.3 is 5.97 Å². The van der Waals surface area contributed by atoms with Crippen LogP contribution in [0.15, 0.2) is 27.8 Å². The van der Waals surface area contributed by atoms with Crippen molar-refractivity contribution in [2.75, 3.05) is 5.75 Å². The normalized spacial score (nSPS) is 10.8. The molecule has 0 radical (unpaired) electrons. The molecule has 0 unspecified atom stereocenters. The Balaban J connectivity index is 2.39. The molecule has 0 bridgehead atoms. The number of thioether (sulfide) groups is 1. The molecule has 8 heteroatoms. The highest BCUT2D eigenvalue weighted by Gasteiger charge is 2.16. The fourth-order valence-electron chi connectivity index (χ4n) is 1.68. The van der Waals surface area contributed by atoms with E-state index in [1.165, 1.54) is 0 Å². The van der Waals surface area contributed by atoms with E-state index in [4.69, 9.17) is 16.7 Å². The number of rotatable bonds is 5. The Bertz CT molecular complexity index is 648. The van der Waals surface area contributed by atoms with E-state index in [0.29, 0.717) is 22.5 Å². The molecule has 20 heavy (non-hydrogen) atoms. The van der Waals surface area contributed by atoms with Gasteiger partial charge in [0.1, 0.15) is 0 Å². The molecule has 0 aliphatic heterocycles. The SMILES string of the molecule is CCn1c(SCC(=O)O)nnc1-c1ccc(Br)cc1Cl. The number of halogens is 2. The van der Waals surface area contributed by atoms with Gasteiger partial charge in [0.2, 0.25) is 0 Å². The van der Waals surface area contributed by atoms with Crippen LogP contribution in [-0.4, -0.2) is 31.6 Å². The van der Waals surface area contributed by atoms with E-state index < -0.39 is 5.97 Å². The summed E-state index contributed by atoms with van der Waals surface area (Å²) in [5, 5.41) is 18.0. The average molecular weight is 377 g/mol. The van der Waals surface area contributed by atoms with Crippen LogP contribution in [-0.2, 0) is 11.3 Å². The molecule has 0 aliphatic carbocycles. The third kappa shape index (κ3) is 3.34. The zero-order valence-electron chi connectivity index (χ0n) is 10.5. The fraction of sp³-hybridized carbons (Fsp3) is 0.250. The molecule has 0 aliphatic rings. The van der Waals surface area contributed by atoms with E-state index in [2.05, 4.69) is 26.1 Å². The molecule has 1 aromatic carbocycles. The number of hydrogen-bond acceptors (Lipinski definition) is 4. The molecule has 106 valence electrons. The lowest BCUT2D eigenvalue weighted by Crippen LogP contribution is -2.03. The topological polar surface area (TPSA) is 68.0 Å². The molecule has 1 aromatic heterocycles. The number of carbonyl (C=O) groups is 1. The molecular weight excluding hydrogens is 366 g/mol. The molecule has 2 rings (SSSR count). The minimum atomic E-state index is -0.885. The van der Waals surface area contributed by atoms with Crippen molar-refractivity contribution < 1.29 is 9.90 Å². The first-order valence-corrected chi connectivity index (χ1v) is 7.91. The van der Waals surface area contributed by atoms with Gasteiger partial charge in [0, 0.05) is 16.6 Å². The van der Waals surface area contributed by atoms with Gasteiger partial charge in [-0.3, -0.25) is 4.79 Å². The van der Waals surface area contributed by atoms with Gasteiger partial charge in [-0.1, -0.05) is 39.3 Å². The first-order chi connectivity index (χ1) is 9.52. The zero-order chi connectivity index (χ0) is 14.7. The Kier molecular flexibility index (Phi) is 5.06. The number of aliphatic carboxylic acids is 1. The largest absolute Gasteiger partial charge is 0.481 e. The highest BCUT2D eigenvalue weighted by molar-refractivity contribution is 9.10. The average Bonchev–Trinajstić information content (AvgIpc) is 2.79. The van der Waals surface area contributed by atoms with E-state index in [-0.39, 0.29) is 5.75 Å². The summed E-state index contributed by atoms with van der Waals surface area (Å²) < 4.78 is 2.73. The second-order valence-electron chi connectivity index (χ2n) is 3.86.